The second kappa shape index (κ2) is 9.93. The number of nitro groups is 1. The molecule has 0 saturated carbocycles. The maximum absolute atomic E-state index is 12.6. The summed E-state index contributed by atoms with van der Waals surface area (Å²) in [5.74, 6) is 5.86. The number of pyridine rings is 1. The second-order valence-corrected chi connectivity index (χ2v) is 7.51. The number of alkyl halides is 3. The van der Waals surface area contributed by atoms with Crippen LogP contribution >= 0.6 is 0 Å². The van der Waals surface area contributed by atoms with Crippen molar-refractivity contribution in [1.82, 2.24) is 14.5 Å². The monoisotopic (exact) mass is 472 g/mol. The normalized spacial score (nSPS) is 15.1. The van der Waals surface area contributed by atoms with E-state index in [2.05, 4.69) is 21.8 Å². The van der Waals surface area contributed by atoms with E-state index in [1.54, 1.807) is 28.8 Å². The molecule has 0 unspecified atom stereocenters. The number of aromatic nitrogens is 3. The first kappa shape index (κ1) is 23.3. The molecule has 0 bridgehead atoms. The number of ether oxygens (including phenoxy) is 2. The number of hydrogen-bond acceptors (Lipinski definition) is 6. The topological polar surface area (TPSA) is 92.3 Å². The van der Waals surface area contributed by atoms with Gasteiger partial charge in [0.2, 0.25) is 0 Å². The molecule has 3 heterocycles. The van der Waals surface area contributed by atoms with Gasteiger partial charge in [-0.3, -0.25) is 9.55 Å². The summed E-state index contributed by atoms with van der Waals surface area (Å²) in [4.78, 5) is 17.5. The molecule has 11 heteroatoms. The van der Waals surface area contributed by atoms with Crippen LogP contribution < -0.4 is 4.74 Å². The molecular formula is C23H19F3N4O4. The van der Waals surface area contributed by atoms with Gasteiger partial charge in [0.05, 0.1) is 6.54 Å². The zero-order chi connectivity index (χ0) is 24.1. The Balaban J connectivity index is 1.21. The molecule has 0 N–H and O–H groups in total. The molecule has 34 heavy (non-hydrogen) atoms. The molecular weight excluding hydrogens is 453 g/mol. The van der Waals surface area contributed by atoms with E-state index in [1.807, 2.05) is 0 Å². The van der Waals surface area contributed by atoms with Crippen LogP contribution in [-0.2, 0) is 17.5 Å². The predicted octanol–water partition coefficient (Wildman–Crippen LogP) is 4.48. The van der Waals surface area contributed by atoms with Gasteiger partial charge in [0, 0.05) is 35.3 Å². The Morgan fingerprint density at radius 3 is 2.65 bits per heavy atom. The molecule has 0 radical (unpaired) electrons. The molecule has 2 aromatic heterocycles. The Labute approximate surface area is 192 Å². The highest BCUT2D eigenvalue weighted by molar-refractivity contribution is 5.63. The summed E-state index contributed by atoms with van der Waals surface area (Å²) in [5, 5.41) is 10.8. The van der Waals surface area contributed by atoms with Gasteiger partial charge in [-0.1, -0.05) is 30.0 Å². The number of hydrogen-bond donors (Lipinski definition) is 0. The zero-order valence-electron chi connectivity index (χ0n) is 17.8. The molecule has 8 nitrogen and oxygen atoms in total. The number of nitrogens with zero attached hydrogens (tertiary/aromatic N) is 4. The first-order chi connectivity index (χ1) is 16.3. The fourth-order valence-corrected chi connectivity index (χ4v) is 3.31. The van der Waals surface area contributed by atoms with Crippen molar-refractivity contribution in [3.05, 3.63) is 70.2 Å². The minimum Gasteiger partial charge on any atom is -0.443 e. The zero-order valence-corrected chi connectivity index (χ0v) is 17.8. The Bertz CT molecular complexity index is 1210. The van der Waals surface area contributed by atoms with Crippen LogP contribution in [0.1, 0.15) is 24.1 Å². The van der Waals surface area contributed by atoms with Crippen LogP contribution in [0.15, 0.2) is 48.8 Å². The summed E-state index contributed by atoms with van der Waals surface area (Å²) in [6.45, 7) is 1.18. The fourth-order valence-electron chi connectivity index (χ4n) is 3.31. The van der Waals surface area contributed by atoms with Gasteiger partial charge in [-0.15, -0.1) is 0 Å². The molecule has 1 aliphatic heterocycles. The summed E-state index contributed by atoms with van der Waals surface area (Å²) < 4.78 is 50.6. The summed E-state index contributed by atoms with van der Waals surface area (Å²) in [6, 6.07) is 9.75. The van der Waals surface area contributed by atoms with Crippen molar-refractivity contribution >= 4 is 5.82 Å². The molecule has 3 aromatic rings. The summed E-state index contributed by atoms with van der Waals surface area (Å²) in [7, 11) is 0. The Hall–Kier alpha value is -3.91. The molecule has 0 spiro atoms. The SMILES string of the molecule is O=[N+]([O-])c1cn2c(n1)OC[C@@H](OCCCC#Cc1ccc(-c3ccc(C(F)(F)F)nc3)cc1)C2. The molecule has 0 fully saturated rings. The number of fused-ring (bicyclic) bond motifs is 1. The number of imidazole rings is 1. The molecule has 0 aliphatic carbocycles. The highest BCUT2D eigenvalue weighted by atomic mass is 19.4. The summed E-state index contributed by atoms with van der Waals surface area (Å²) >= 11 is 0. The maximum atomic E-state index is 12.6. The van der Waals surface area contributed by atoms with Crippen molar-refractivity contribution in [2.45, 2.75) is 31.7 Å². The van der Waals surface area contributed by atoms with Crippen molar-refractivity contribution < 1.29 is 27.6 Å². The molecule has 0 saturated heterocycles. The predicted molar refractivity (Wildman–Crippen MR) is 115 cm³/mol. The first-order valence-electron chi connectivity index (χ1n) is 10.4. The van der Waals surface area contributed by atoms with Gasteiger partial charge >= 0.3 is 18.0 Å². The van der Waals surface area contributed by atoms with Crippen molar-refractivity contribution in [1.29, 1.82) is 0 Å². The fraction of sp³-hybridized carbons (Fsp3) is 0.304. The number of halogens is 3. The van der Waals surface area contributed by atoms with E-state index in [4.69, 9.17) is 9.47 Å². The number of unbranched alkanes of at least 4 members (excludes halogenated alkanes) is 1. The van der Waals surface area contributed by atoms with Crippen LogP contribution in [-0.4, -0.2) is 38.8 Å². The third kappa shape index (κ3) is 5.71. The minimum absolute atomic E-state index is 0.220. The van der Waals surface area contributed by atoms with Gasteiger partial charge in [-0.25, -0.2) is 0 Å². The third-order valence-corrected chi connectivity index (χ3v) is 5.02. The van der Waals surface area contributed by atoms with Crippen molar-refractivity contribution in [2.24, 2.45) is 0 Å². The van der Waals surface area contributed by atoms with Crippen LogP contribution in [0, 0.1) is 22.0 Å². The van der Waals surface area contributed by atoms with E-state index in [1.165, 1.54) is 18.5 Å². The molecule has 1 aliphatic rings. The van der Waals surface area contributed by atoms with Gasteiger partial charge in [-0.2, -0.15) is 13.2 Å². The van der Waals surface area contributed by atoms with Crippen LogP contribution in [0.5, 0.6) is 6.01 Å². The van der Waals surface area contributed by atoms with Gasteiger partial charge < -0.3 is 19.6 Å². The van der Waals surface area contributed by atoms with Crippen molar-refractivity contribution in [2.75, 3.05) is 13.2 Å². The van der Waals surface area contributed by atoms with Gasteiger partial charge in [0.25, 0.3) is 0 Å². The molecule has 1 aromatic carbocycles. The van der Waals surface area contributed by atoms with Crippen LogP contribution in [0.25, 0.3) is 11.1 Å². The van der Waals surface area contributed by atoms with E-state index in [-0.39, 0.29) is 24.5 Å². The van der Waals surface area contributed by atoms with Crippen LogP contribution in [0.2, 0.25) is 0 Å². The van der Waals surface area contributed by atoms with E-state index in [9.17, 15) is 23.3 Å². The highest BCUT2D eigenvalue weighted by Crippen LogP contribution is 2.29. The lowest BCUT2D eigenvalue weighted by molar-refractivity contribution is -0.389. The molecule has 4 rings (SSSR count). The highest BCUT2D eigenvalue weighted by Gasteiger charge is 2.32. The average Bonchev–Trinajstić information content (AvgIpc) is 3.25. The van der Waals surface area contributed by atoms with E-state index in [0.717, 1.165) is 17.2 Å². The van der Waals surface area contributed by atoms with Crippen molar-refractivity contribution in [3.8, 4) is 29.0 Å². The average molecular weight is 472 g/mol. The lowest BCUT2D eigenvalue weighted by Crippen LogP contribution is -2.32. The van der Waals surface area contributed by atoms with Crippen molar-refractivity contribution in [3.63, 3.8) is 0 Å². The smallest absolute Gasteiger partial charge is 0.433 e. The molecule has 0 amide bonds. The van der Waals surface area contributed by atoms with Gasteiger partial charge in [-0.05, 0) is 35.1 Å². The first-order valence-corrected chi connectivity index (χ1v) is 10.4. The molecule has 176 valence electrons. The standard InChI is InChI=1S/C23H19F3N4O4/c24-23(25,26)20-10-9-18(12-27-20)17-7-5-16(6-8-17)4-2-1-3-11-33-19-13-29-14-21(30(31)32)28-22(29)34-15-19/h5-10,12,14,19H,1,3,11,13,15H2/t19-/m0/s1. The quantitative estimate of drug-likeness (QED) is 0.227. The van der Waals surface area contributed by atoms with Crippen LogP contribution in [0.3, 0.4) is 0 Å². The van der Waals surface area contributed by atoms with Crippen LogP contribution in [0.4, 0.5) is 19.0 Å². The third-order valence-electron chi connectivity index (χ3n) is 5.02. The van der Waals surface area contributed by atoms with E-state index >= 15 is 0 Å². The summed E-state index contributed by atoms with van der Waals surface area (Å²) in [6.07, 6.45) is -0.831. The number of rotatable bonds is 6. The Morgan fingerprint density at radius 1 is 1.21 bits per heavy atom. The summed E-state index contributed by atoms with van der Waals surface area (Å²) in [5.41, 5.74) is 1.21. The minimum atomic E-state index is -4.46. The van der Waals surface area contributed by atoms with E-state index in [0.29, 0.717) is 31.6 Å². The Morgan fingerprint density at radius 2 is 1.97 bits per heavy atom. The largest absolute Gasteiger partial charge is 0.443 e. The van der Waals surface area contributed by atoms with Gasteiger partial charge in [0.1, 0.15) is 24.6 Å². The van der Waals surface area contributed by atoms with E-state index < -0.39 is 16.8 Å². The number of benzene rings is 1. The lowest BCUT2D eigenvalue weighted by Gasteiger charge is -2.22. The van der Waals surface area contributed by atoms with Gasteiger partial charge in [0.15, 0.2) is 0 Å². The molecule has 1 atom stereocenters. The maximum Gasteiger partial charge on any atom is 0.433 e. The second-order valence-electron chi connectivity index (χ2n) is 7.51. The lowest BCUT2D eigenvalue weighted by atomic mass is 10.1. The Kier molecular flexibility index (Phi) is 6.79.